The van der Waals surface area contributed by atoms with E-state index in [1.807, 2.05) is 0 Å². The molecule has 9 nitrogen and oxygen atoms in total. The summed E-state index contributed by atoms with van der Waals surface area (Å²) in [5.74, 6) is -3.28. The van der Waals surface area contributed by atoms with E-state index in [1.54, 1.807) is 25.1 Å². The highest BCUT2D eigenvalue weighted by Gasteiger charge is 2.42. The van der Waals surface area contributed by atoms with Crippen LogP contribution in [0.2, 0.25) is 0 Å². The molecule has 0 saturated heterocycles. The van der Waals surface area contributed by atoms with Gasteiger partial charge in [-0.2, -0.15) is 0 Å². The highest BCUT2D eigenvalue weighted by molar-refractivity contribution is 6.22. The first-order valence-electron chi connectivity index (χ1n) is 9.50. The minimum absolute atomic E-state index is 0.223. The molecule has 3 N–H and O–H groups in total. The molecular formula is C22H21N3O6. The first-order chi connectivity index (χ1) is 14.6. The van der Waals surface area contributed by atoms with E-state index >= 15 is 0 Å². The number of hydrogen-bond acceptors (Lipinski definition) is 6. The third-order valence-corrected chi connectivity index (χ3v) is 4.90. The zero-order chi connectivity index (χ0) is 22.9. The number of esters is 1. The Morgan fingerprint density at radius 3 is 2.19 bits per heavy atom. The molecule has 0 bridgehead atoms. The second-order valence-electron chi connectivity index (χ2n) is 7.22. The molecule has 160 valence electrons. The van der Waals surface area contributed by atoms with Crippen molar-refractivity contribution >= 4 is 35.3 Å². The Morgan fingerprint density at radius 2 is 1.58 bits per heavy atom. The van der Waals surface area contributed by atoms with Gasteiger partial charge in [-0.1, -0.05) is 11.6 Å². The normalized spacial score (nSPS) is 14.6. The van der Waals surface area contributed by atoms with Gasteiger partial charge in [0.1, 0.15) is 6.04 Å². The molecule has 2 aromatic rings. The lowest BCUT2D eigenvalue weighted by molar-refractivity contribution is -0.156. The van der Waals surface area contributed by atoms with Crippen molar-refractivity contribution in [1.82, 2.24) is 4.90 Å². The Labute approximate surface area is 178 Å². The van der Waals surface area contributed by atoms with Crippen molar-refractivity contribution in [2.24, 2.45) is 5.73 Å². The second kappa shape index (κ2) is 8.39. The van der Waals surface area contributed by atoms with Crippen molar-refractivity contribution in [2.75, 3.05) is 5.32 Å². The molecule has 3 rings (SSSR count). The number of amides is 4. The van der Waals surface area contributed by atoms with Crippen LogP contribution in [-0.4, -0.2) is 46.6 Å². The van der Waals surface area contributed by atoms with Crippen LogP contribution in [0.5, 0.6) is 0 Å². The lowest BCUT2D eigenvalue weighted by Crippen LogP contribution is -2.45. The van der Waals surface area contributed by atoms with Gasteiger partial charge in [-0.25, -0.2) is 4.79 Å². The van der Waals surface area contributed by atoms with E-state index < -0.39 is 41.7 Å². The summed E-state index contributed by atoms with van der Waals surface area (Å²) in [5.41, 5.74) is 7.09. The van der Waals surface area contributed by atoms with Crippen molar-refractivity contribution in [3.8, 4) is 0 Å². The van der Waals surface area contributed by atoms with E-state index in [4.69, 9.17) is 10.5 Å². The van der Waals surface area contributed by atoms with Gasteiger partial charge in [0, 0.05) is 11.3 Å². The molecule has 0 radical (unpaired) electrons. The molecule has 1 heterocycles. The quantitative estimate of drug-likeness (QED) is 0.536. The summed E-state index contributed by atoms with van der Waals surface area (Å²) in [6.07, 6.45) is -1.19. The molecule has 0 aliphatic carbocycles. The van der Waals surface area contributed by atoms with Gasteiger partial charge in [-0.05, 0) is 57.2 Å². The van der Waals surface area contributed by atoms with E-state index in [0.717, 1.165) is 10.5 Å². The van der Waals surface area contributed by atoms with Crippen molar-refractivity contribution in [2.45, 2.75) is 32.9 Å². The smallest absolute Gasteiger partial charge is 0.329 e. The van der Waals surface area contributed by atoms with E-state index in [1.165, 1.54) is 38.1 Å². The predicted molar refractivity (Wildman–Crippen MR) is 110 cm³/mol. The number of carbonyl (C=O) groups is 5. The average Bonchev–Trinajstić information content (AvgIpc) is 2.97. The Balaban J connectivity index is 1.64. The fraction of sp³-hybridized carbons (Fsp3) is 0.227. The number of hydrogen-bond donors (Lipinski definition) is 2. The topological polar surface area (TPSA) is 136 Å². The number of nitrogens with one attached hydrogen (secondary N) is 1. The van der Waals surface area contributed by atoms with Crippen LogP contribution in [0.25, 0.3) is 0 Å². The lowest BCUT2D eigenvalue weighted by Gasteiger charge is -2.22. The molecule has 2 unspecified atom stereocenters. The van der Waals surface area contributed by atoms with E-state index in [9.17, 15) is 24.0 Å². The van der Waals surface area contributed by atoms with Crippen LogP contribution < -0.4 is 11.1 Å². The number of carbonyl (C=O) groups excluding carboxylic acids is 5. The van der Waals surface area contributed by atoms with Crippen molar-refractivity contribution in [3.05, 3.63) is 64.7 Å². The molecule has 2 aromatic carbocycles. The monoisotopic (exact) mass is 423 g/mol. The molecule has 1 aliphatic heterocycles. The fourth-order valence-electron chi connectivity index (χ4n) is 3.12. The summed E-state index contributed by atoms with van der Waals surface area (Å²) in [5, 5.41) is 2.54. The number of fused-ring (bicyclic) bond motifs is 1. The van der Waals surface area contributed by atoms with Crippen LogP contribution in [0.3, 0.4) is 0 Å². The van der Waals surface area contributed by atoms with Crippen molar-refractivity contribution < 1.29 is 28.7 Å². The summed E-state index contributed by atoms with van der Waals surface area (Å²) in [7, 11) is 0. The van der Waals surface area contributed by atoms with Gasteiger partial charge in [0.05, 0.1) is 11.1 Å². The molecule has 1 aliphatic rings. The largest absolute Gasteiger partial charge is 0.451 e. The van der Waals surface area contributed by atoms with Gasteiger partial charge >= 0.3 is 5.97 Å². The lowest BCUT2D eigenvalue weighted by atomic mass is 10.1. The standard InChI is InChI=1S/C22H21N3O6/c1-11-4-9-16-17(10-11)21(29)25(20(16)28)12(2)22(30)31-13(3)19(27)24-15-7-5-14(6-8-15)18(23)26/h4-10,12-13H,1-3H3,(H2,23,26)(H,24,27). The van der Waals surface area contributed by atoms with Crippen LogP contribution in [-0.2, 0) is 14.3 Å². The molecule has 2 atom stereocenters. The summed E-state index contributed by atoms with van der Waals surface area (Å²) in [6.45, 7) is 4.52. The van der Waals surface area contributed by atoms with Gasteiger partial charge < -0.3 is 15.8 Å². The highest BCUT2D eigenvalue weighted by atomic mass is 16.5. The van der Waals surface area contributed by atoms with Crippen molar-refractivity contribution in [3.63, 3.8) is 0 Å². The van der Waals surface area contributed by atoms with Crippen molar-refractivity contribution in [1.29, 1.82) is 0 Å². The molecule has 4 amide bonds. The minimum atomic E-state index is -1.21. The van der Waals surface area contributed by atoms with Gasteiger partial charge in [0.25, 0.3) is 17.7 Å². The number of nitrogens with two attached hydrogens (primary N) is 1. The number of primary amides is 1. The average molecular weight is 423 g/mol. The zero-order valence-corrected chi connectivity index (χ0v) is 17.2. The van der Waals surface area contributed by atoms with Crippen LogP contribution in [0.4, 0.5) is 5.69 Å². The van der Waals surface area contributed by atoms with Crippen LogP contribution in [0.15, 0.2) is 42.5 Å². The molecular weight excluding hydrogens is 402 g/mol. The third kappa shape index (κ3) is 4.30. The first-order valence-corrected chi connectivity index (χ1v) is 9.50. The second-order valence-corrected chi connectivity index (χ2v) is 7.22. The third-order valence-electron chi connectivity index (χ3n) is 4.90. The van der Waals surface area contributed by atoms with Gasteiger partial charge in [-0.3, -0.25) is 24.1 Å². The summed E-state index contributed by atoms with van der Waals surface area (Å²) >= 11 is 0. The number of ether oxygens (including phenoxy) is 1. The minimum Gasteiger partial charge on any atom is -0.451 e. The van der Waals surface area contributed by atoms with Crippen LogP contribution >= 0.6 is 0 Å². The summed E-state index contributed by atoms with van der Waals surface area (Å²) in [4.78, 5) is 62.0. The number of rotatable bonds is 6. The van der Waals surface area contributed by atoms with E-state index in [2.05, 4.69) is 5.32 Å². The number of anilines is 1. The number of benzene rings is 2. The zero-order valence-electron chi connectivity index (χ0n) is 17.2. The predicted octanol–water partition coefficient (Wildman–Crippen LogP) is 1.65. The van der Waals surface area contributed by atoms with Gasteiger partial charge in [0.15, 0.2) is 6.10 Å². The van der Waals surface area contributed by atoms with E-state index in [0.29, 0.717) is 5.69 Å². The maximum atomic E-state index is 12.6. The maximum Gasteiger partial charge on any atom is 0.329 e. The molecule has 0 saturated carbocycles. The summed E-state index contributed by atoms with van der Waals surface area (Å²) < 4.78 is 5.17. The highest BCUT2D eigenvalue weighted by Crippen LogP contribution is 2.26. The molecule has 0 spiro atoms. The molecule has 0 aromatic heterocycles. The van der Waals surface area contributed by atoms with Gasteiger partial charge in [-0.15, -0.1) is 0 Å². The SMILES string of the molecule is Cc1ccc2c(c1)C(=O)N(C(C)C(=O)OC(C)C(=O)Nc1ccc(C(N)=O)cc1)C2=O. The van der Waals surface area contributed by atoms with Crippen LogP contribution in [0.1, 0.15) is 50.5 Å². The van der Waals surface area contributed by atoms with Gasteiger partial charge in [0.2, 0.25) is 5.91 Å². The Morgan fingerprint density at radius 1 is 0.968 bits per heavy atom. The van der Waals surface area contributed by atoms with E-state index in [-0.39, 0.29) is 16.7 Å². The molecule has 9 heteroatoms. The Kier molecular flexibility index (Phi) is 5.87. The maximum absolute atomic E-state index is 12.6. The first kappa shape index (κ1) is 21.7. The number of aryl methyl sites for hydroxylation is 1. The van der Waals surface area contributed by atoms with Crippen LogP contribution in [0, 0.1) is 6.92 Å². The number of imide groups is 1. The molecule has 31 heavy (non-hydrogen) atoms. The number of nitrogens with zero attached hydrogens (tertiary/aromatic N) is 1. The molecule has 0 fully saturated rings. The fourth-order valence-corrected chi connectivity index (χ4v) is 3.12. The Bertz CT molecular complexity index is 1090. The summed E-state index contributed by atoms with van der Waals surface area (Å²) in [6, 6.07) is 9.49. The Hall–Kier alpha value is -4.01.